The highest BCUT2D eigenvalue weighted by molar-refractivity contribution is 7.80. The maximum Gasteiger partial charge on any atom is 0.191 e. The Kier molecular flexibility index (Phi) is 5.60. The zero-order chi connectivity index (χ0) is 18.4. The van der Waals surface area contributed by atoms with Crippen molar-refractivity contribution in [2.75, 3.05) is 12.4 Å². The number of hydrazone groups is 1. The number of benzene rings is 2. The molecule has 2 N–H and O–H groups in total. The summed E-state index contributed by atoms with van der Waals surface area (Å²) >= 11 is 5.29. The second-order valence-corrected chi connectivity index (χ2v) is 5.89. The van der Waals surface area contributed by atoms with Gasteiger partial charge in [-0.1, -0.05) is 24.3 Å². The third kappa shape index (κ3) is 4.25. The van der Waals surface area contributed by atoms with Gasteiger partial charge in [0.15, 0.2) is 5.11 Å². The van der Waals surface area contributed by atoms with Crippen LogP contribution in [0.25, 0.3) is 5.69 Å². The molecular formula is C19H19N5OS. The molecule has 3 rings (SSSR count). The average molecular weight is 365 g/mol. The predicted octanol–water partition coefficient (Wildman–Crippen LogP) is 3.59. The lowest BCUT2D eigenvalue weighted by Gasteiger charge is -2.11. The molecule has 7 heteroatoms. The topological polar surface area (TPSA) is 63.5 Å². The van der Waals surface area contributed by atoms with Crippen LogP contribution in [0.15, 0.2) is 72.4 Å². The zero-order valence-corrected chi connectivity index (χ0v) is 15.3. The van der Waals surface area contributed by atoms with Gasteiger partial charge in [-0.05, 0) is 49.0 Å². The van der Waals surface area contributed by atoms with Crippen molar-refractivity contribution in [3.05, 3.63) is 72.8 Å². The van der Waals surface area contributed by atoms with Gasteiger partial charge in [-0.15, -0.1) is 0 Å². The fourth-order valence-electron chi connectivity index (χ4n) is 2.38. The Morgan fingerprint density at radius 3 is 2.62 bits per heavy atom. The molecule has 2 aromatic carbocycles. The summed E-state index contributed by atoms with van der Waals surface area (Å²) in [5.41, 5.74) is 6.51. The Morgan fingerprint density at radius 2 is 1.92 bits per heavy atom. The van der Waals surface area contributed by atoms with Crippen molar-refractivity contribution in [2.45, 2.75) is 6.92 Å². The Hall–Kier alpha value is -3.19. The first-order valence-electron chi connectivity index (χ1n) is 8.00. The van der Waals surface area contributed by atoms with E-state index in [4.69, 9.17) is 17.0 Å². The molecule has 0 atom stereocenters. The summed E-state index contributed by atoms with van der Waals surface area (Å²) in [5.74, 6) is 0.715. The quantitative estimate of drug-likeness (QED) is 0.411. The maximum absolute atomic E-state index is 5.29. The van der Waals surface area contributed by atoms with Crippen LogP contribution in [0.1, 0.15) is 12.5 Å². The van der Waals surface area contributed by atoms with Crippen molar-refractivity contribution in [2.24, 2.45) is 5.10 Å². The molecule has 0 aliphatic carbocycles. The van der Waals surface area contributed by atoms with Gasteiger partial charge in [0, 0.05) is 18.1 Å². The Balaban J connectivity index is 1.63. The molecule has 1 heterocycles. The molecule has 0 saturated heterocycles. The van der Waals surface area contributed by atoms with Gasteiger partial charge in [-0.3, -0.25) is 5.43 Å². The van der Waals surface area contributed by atoms with E-state index in [-0.39, 0.29) is 0 Å². The minimum atomic E-state index is 0.392. The number of hydrogen-bond donors (Lipinski definition) is 2. The SMILES string of the molecule is COc1ccccc1NC(=S)NN=C(C)c1ccc(-n2ccnc2)cc1. The molecule has 0 saturated carbocycles. The van der Waals surface area contributed by atoms with E-state index in [2.05, 4.69) is 20.8 Å². The van der Waals surface area contributed by atoms with Crippen LogP contribution < -0.4 is 15.5 Å². The van der Waals surface area contributed by atoms with E-state index in [1.165, 1.54) is 0 Å². The van der Waals surface area contributed by atoms with Crippen molar-refractivity contribution >= 4 is 28.7 Å². The normalized spacial score (nSPS) is 11.1. The molecule has 6 nitrogen and oxygen atoms in total. The molecule has 132 valence electrons. The number of thiocarbonyl (C=S) groups is 1. The number of para-hydroxylation sites is 2. The number of rotatable bonds is 5. The number of nitrogens with one attached hydrogen (secondary N) is 2. The summed E-state index contributed by atoms with van der Waals surface area (Å²) in [7, 11) is 1.62. The Morgan fingerprint density at radius 1 is 1.15 bits per heavy atom. The molecule has 0 unspecified atom stereocenters. The van der Waals surface area contributed by atoms with Crippen LogP contribution in [-0.4, -0.2) is 27.5 Å². The van der Waals surface area contributed by atoms with E-state index in [0.717, 1.165) is 22.6 Å². The summed E-state index contributed by atoms with van der Waals surface area (Å²) in [4.78, 5) is 4.05. The second-order valence-electron chi connectivity index (χ2n) is 5.48. The van der Waals surface area contributed by atoms with E-state index in [0.29, 0.717) is 10.9 Å². The highest BCUT2D eigenvalue weighted by atomic mass is 32.1. The van der Waals surface area contributed by atoms with Crippen molar-refractivity contribution in [3.63, 3.8) is 0 Å². The highest BCUT2D eigenvalue weighted by Crippen LogP contribution is 2.22. The van der Waals surface area contributed by atoms with E-state index >= 15 is 0 Å². The predicted molar refractivity (Wildman–Crippen MR) is 108 cm³/mol. The average Bonchev–Trinajstić information content (AvgIpc) is 3.21. The molecule has 26 heavy (non-hydrogen) atoms. The zero-order valence-electron chi connectivity index (χ0n) is 14.5. The van der Waals surface area contributed by atoms with Crippen LogP contribution >= 0.6 is 12.2 Å². The van der Waals surface area contributed by atoms with Gasteiger partial charge < -0.3 is 14.6 Å². The number of aromatic nitrogens is 2. The molecule has 3 aromatic rings. The summed E-state index contributed by atoms with van der Waals surface area (Å²) in [6.07, 6.45) is 5.42. The van der Waals surface area contributed by atoms with Gasteiger partial charge in [0.1, 0.15) is 5.75 Å². The highest BCUT2D eigenvalue weighted by Gasteiger charge is 2.04. The number of hydrogen-bond acceptors (Lipinski definition) is 4. The van der Waals surface area contributed by atoms with Crippen LogP contribution in [0.2, 0.25) is 0 Å². The maximum atomic E-state index is 5.29. The monoisotopic (exact) mass is 365 g/mol. The number of ether oxygens (including phenoxy) is 1. The third-order valence-corrected chi connectivity index (χ3v) is 3.96. The van der Waals surface area contributed by atoms with Crippen molar-refractivity contribution in [1.82, 2.24) is 15.0 Å². The van der Waals surface area contributed by atoms with E-state index in [1.54, 1.807) is 19.6 Å². The lowest BCUT2D eigenvalue weighted by molar-refractivity contribution is 0.417. The fourth-order valence-corrected chi connectivity index (χ4v) is 2.54. The van der Waals surface area contributed by atoms with Gasteiger partial charge >= 0.3 is 0 Å². The summed E-state index contributed by atoms with van der Waals surface area (Å²) in [6, 6.07) is 15.6. The van der Waals surface area contributed by atoms with Crippen molar-refractivity contribution in [1.29, 1.82) is 0 Å². The summed E-state index contributed by atoms with van der Waals surface area (Å²) < 4.78 is 7.24. The summed E-state index contributed by atoms with van der Waals surface area (Å²) in [6.45, 7) is 1.92. The number of methoxy groups -OCH3 is 1. The fraction of sp³-hybridized carbons (Fsp3) is 0.105. The van der Waals surface area contributed by atoms with Crippen LogP contribution in [-0.2, 0) is 0 Å². The molecule has 1 aromatic heterocycles. The first-order valence-corrected chi connectivity index (χ1v) is 8.41. The van der Waals surface area contributed by atoms with Crippen LogP contribution in [0.5, 0.6) is 5.75 Å². The largest absolute Gasteiger partial charge is 0.495 e. The van der Waals surface area contributed by atoms with Gasteiger partial charge in [0.25, 0.3) is 0 Å². The number of nitrogens with zero attached hydrogens (tertiary/aromatic N) is 3. The molecule has 0 aliphatic rings. The molecule has 0 radical (unpaired) electrons. The number of imidazole rings is 1. The van der Waals surface area contributed by atoms with Crippen LogP contribution in [0.4, 0.5) is 5.69 Å². The number of anilines is 1. The molecule has 0 bridgehead atoms. The van der Waals surface area contributed by atoms with E-state index in [1.807, 2.05) is 66.2 Å². The van der Waals surface area contributed by atoms with Crippen molar-refractivity contribution in [3.8, 4) is 11.4 Å². The van der Waals surface area contributed by atoms with E-state index < -0.39 is 0 Å². The van der Waals surface area contributed by atoms with Crippen molar-refractivity contribution < 1.29 is 4.74 Å². The smallest absolute Gasteiger partial charge is 0.191 e. The molecule has 0 fully saturated rings. The standard InChI is InChI=1S/C19H19N5OS/c1-14(15-7-9-16(10-8-15)24-12-11-20-13-24)22-23-19(26)21-17-5-3-4-6-18(17)25-2/h3-13H,1-2H3,(H2,21,23,26). The molecular weight excluding hydrogens is 346 g/mol. The van der Waals surface area contributed by atoms with Gasteiger partial charge in [-0.25, -0.2) is 4.98 Å². The van der Waals surface area contributed by atoms with Crippen LogP contribution in [0.3, 0.4) is 0 Å². The van der Waals surface area contributed by atoms with Crippen LogP contribution in [0, 0.1) is 0 Å². The summed E-state index contributed by atoms with van der Waals surface area (Å²) in [5, 5.41) is 7.81. The van der Waals surface area contributed by atoms with E-state index in [9.17, 15) is 0 Å². The van der Waals surface area contributed by atoms with Gasteiger partial charge in [0.05, 0.1) is 24.8 Å². The molecule has 0 aliphatic heterocycles. The molecule has 0 spiro atoms. The van der Waals surface area contributed by atoms with Gasteiger partial charge in [-0.2, -0.15) is 5.10 Å². The lowest BCUT2D eigenvalue weighted by Crippen LogP contribution is -2.25. The Labute approximate surface area is 157 Å². The first-order chi connectivity index (χ1) is 12.7. The van der Waals surface area contributed by atoms with Gasteiger partial charge in [0.2, 0.25) is 0 Å². The first kappa shape index (κ1) is 17.6. The Bertz CT molecular complexity index is 904. The lowest BCUT2D eigenvalue weighted by atomic mass is 10.1. The second kappa shape index (κ2) is 8.26. The minimum absolute atomic E-state index is 0.392. The molecule has 0 amide bonds. The third-order valence-electron chi connectivity index (χ3n) is 3.77. The minimum Gasteiger partial charge on any atom is -0.495 e.